The molecule has 1 unspecified atom stereocenters. The second-order valence-corrected chi connectivity index (χ2v) is 7.62. The molecule has 154 valence electrons. The van der Waals surface area contributed by atoms with E-state index in [1.807, 2.05) is 24.3 Å². The highest BCUT2D eigenvalue weighted by molar-refractivity contribution is 5.98. The SMILES string of the molecule is Cl.O=C(CCC(=O)N1CCNCC1c1cccc(F)c1)c1ccc2c(c1)CCC2. The standard InChI is InChI=1S/C23H25FN2O2.ClH/c24-20-6-2-5-18(14-20)21-15-25-11-12-26(21)23(28)10-9-22(27)19-8-7-16-3-1-4-17(16)13-19;/h2,5-8,13-14,21,25H,1,3-4,9-12,15H2;1H. The largest absolute Gasteiger partial charge is 0.333 e. The first kappa shape index (κ1) is 21.5. The Morgan fingerprint density at radius 2 is 1.90 bits per heavy atom. The van der Waals surface area contributed by atoms with E-state index in [1.54, 1.807) is 11.0 Å². The molecule has 0 aromatic heterocycles. The third-order valence-electron chi connectivity index (χ3n) is 5.78. The monoisotopic (exact) mass is 416 g/mol. The van der Waals surface area contributed by atoms with Crippen LogP contribution < -0.4 is 5.32 Å². The molecule has 1 fully saturated rings. The van der Waals surface area contributed by atoms with Crippen LogP contribution in [0.15, 0.2) is 42.5 Å². The van der Waals surface area contributed by atoms with Gasteiger partial charge in [-0.15, -0.1) is 12.4 Å². The minimum Gasteiger partial charge on any atom is -0.333 e. The van der Waals surface area contributed by atoms with Crippen LogP contribution in [0.4, 0.5) is 4.39 Å². The number of amides is 1. The number of fused-ring (bicyclic) bond motifs is 1. The van der Waals surface area contributed by atoms with E-state index >= 15 is 0 Å². The smallest absolute Gasteiger partial charge is 0.223 e. The Bertz CT molecular complexity index is 902. The average Bonchev–Trinajstić information content (AvgIpc) is 3.19. The van der Waals surface area contributed by atoms with Crippen LogP contribution in [0.1, 0.15) is 52.4 Å². The molecule has 1 N–H and O–H groups in total. The van der Waals surface area contributed by atoms with E-state index in [2.05, 4.69) is 5.32 Å². The minimum absolute atomic E-state index is 0. The second kappa shape index (κ2) is 9.51. The fourth-order valence-electron chi connectivity index (χ4n) is 4.27. The molecule has 4 nitrogen and oxygen atoms in total. The fourth-order valence-corrected chi connectivity index (χ4v) is 4.27. The van der Waals surface area contributed by atoms with Crippen LogP contribution in [0, 0.1) is 5.82 Å². The molecule has 4 rings (SSSR count). The van der Waals surface area contributed by atoms with E-state index in [4.69, 9.17) is 0 Å². The zero-order valence-corrected chi connectivity index (χ0v) is 17.1. The molecule has 2 aromatic carbocycles. The van der Waals surface area contributed by atoms with Crippen molar-refractivity contribution >= 4 is 24.1 Å². The second-order valence-electron chi connectivity index (χ2n) is 7.62. The molecule has 2 aliphatic rings. The number of aryl methyl sites for hydroxylation is 2. The Labute approximate surface area is 176 Å². The molecular formula is C23H26ClFN2O2. The molecular weight excluding hydrogens is 391 g/mol. The summed E-state index contributed by atoms with van der Waals surface area (Å²) in [6, 6.07) is 12.1. The van der Waals surface area contributed by atoms with Crippen molar-refractivity contribution in [1.29, 1.82) is 0 Å². The minimum atomic E-state index is -0.303. The predicted octanol–water partition coefficient (Wildman–Crippen LogP) is 3.87. The Morgan fingerprint density at radius 1 is 1.07 bits per heavy atom. The summed E-state index contributed by atoms with van der Waals surface area (Å²) in [6.45, 7) is 1.86. The van der Waals surface area contributed by atoms with Crippen LogP contribution in [0.5, 0.6) is 0 Å². The first-order chi connectivity index (χ1) is 13.6. The van der Waals surface area contributed by atoms with Crippen molar-refractivity contribution in [2.75, 3.05) is 19.6 Å². The maximum atomic E-state index is 13.6. The molecule has 1 amide bonds. The highest BCUT2D eigenvalue weighted by Gasteiger charge is 2.28. The van der Waals surface area contributed by atoms with Crippen LogP contribution in [0.3, 0.4) is 0 Å². The highest BCUT2D eigenvalue weighted by atomic mass is 35.5. The summed E-state index contributed by atoms with van der Waals surface area (Å²) in [4.78, 5) is 27.2. The molecule has 0 saturated carbocycles. The van der Waals surface area contributed by atoms with Crippen LogP contribution >= 0.6 is 12.4 Å². The topological polar surface area (TPSA) is 49.4 Å². The number of hydrogen-bond donors (Lipinski definition) is 1. The van der Waals surface area contributed by atoms with Gasteiger partial charge in [-0.25, -0.2) is 4.39 Å². The van der Waals surface area contributed by atoms with Crippen molar-refractivity contribution in [3.8, 4) is 0 Å². The van der Waals surface area contributed by atoms with Gasteiger partial charge < -0.3 is 10.2 Å². The van der Waals surface area contributed by atoms with Crippen molar-refractivity contribution < 1.29 is 14.0 Å². The molecule has 0 spiro atoms. The maximum absolute atomic E-state index is 13.6. The van der Waals surface area contributed by atoms with E-state index in [1.165, 1.54) is 23.3 Å². The van der Waals surface area contributed by atoms with Crippen molar-refractivity contribution in [1.82, 2.24) is 10.2 Å². The number of hydrogen-bond acceptors (Lipinski definition) is 3. The highest BCUT2D eigenvalue weighted by Crippen LogP contribution is 2.25. The summed E-state index contributed by atoms with van der Waals surface area (Å²) in [6.07, 6.45) is 3.66. The molecule has 29 heavy (non-hydrogen) atoms. The molecule has 6 heteroatoms. The maximum Gasteiger partial charge on any atom is 0.223 e. The number of ketones is 1. The number of nitrogens with zero attached hydrogens (tertiary/aromatic N) is 1. The third-order valence-corrected chi connectivity index (χ3v) is 5.78. The number of piperazine rings is 1. The van der Waals surface area contributed by atoms with Crippen LogP contribution in [-0.4, -0.2) is 36.2 Å². The van der Waals surface area contributed by atoms with Crippen LogP contribution in [0.25, 0.3) is 0 Å². The van der Waals surface area contributed by atoms with Gasteiger partial charge >= 0.3 is 0 Å². The Hall–Kier alpha value is -2.24. The molecule has 1 atom stereocenters. The number of benzene rings is 2. The summed E-state index contributed by atoms with van der Waals surface area (Å²) in [7, 11) is 0. The van der Waals surface area contributed by atoms with Crippen molar-refractivity contribution in [2.45, 2.75) is 38.1 Å². The van der Waals surface area contributed by atoms with E-state index in [0.29, 0.717) is 25.2 Å². The Balaban J connectivity index is 0.00000240. The predicted molar refractivity (Wildman–Crippen MR) is 113 cm³/mol. The zero-order valence-electron chi connectivity index (χ0n) is 16.3. The molecule has 1 aliphatic carbocycles. The lowest BCUT2D eigenvalue weighted by molar-refractivity contribution is -0.134. The van der Waals surface area contributed by atoms with Crippen molar-refractivity contribution in [3.05, 3.63) is 70.5 Å². The number of halogens is 2. The van der Waals surface area contributed by atoms with E-state index < -0.39 is 0 Å². The third kappa shape index (κ3) is 4.85. The summed E-state index contributed by atoms with van der Waals surface area (Å²) >= 11 is 0. The number of carbonyl (C=O) groups excluding carboxylic acids is 2. The van der Waals surface area contributed by atoms with Gasteiger partial charge in [-0.3, -0.25) is 9.59 Å². The van der Waals surface area contributed by atoms with Crippen molar-refractivity contribution in [3.63, 3.8) is 0 Å². The lowest BCUT2D eigenvalue weighted by Crippen LogP contribution is -2.48. The van der Waals surface area contributed by atoms with E-state index in [-0.39, 0.29) is 48.8 Å². The molecule has 1 saturated heterocycles. The first-order valence-corrected chi connectivity index (χ1v) is 10.0. The van der Waals surface area contributed by atoms with Crippen LogP contribution in [-0.2, 0) is 17.6 Å². The summed E-state index contributed by atoms with van der Waals surface area (Å²) in [5, 5.41) is 3.27. The van der Waals surface area contributed by atoms with Crippen LogP contribution in [0.2, 0.25) is 0 Å². The van der Waals surface area contributed by atoms with E-state index in [0.717, 1.165) is 24.8 Å². The molecule has 1 aliphatic heterocycles. The van der Waals surface area contributed by atoms with Gasteiger partial charge in [0.15, 0.2) is 5.78 Å². The molecule has 0 radical (unpaired) electrons. The average molecular weight is 417 g/mol. The fraction of sp³-hybridized carbons (Fsp3) is 0.391. The number of nitrogens with one attached hydrogen (secondary N) is 1. The van der Waals surface area contributed by atoms with Crippen molar-refractivity contribution in [2.24, 2.45) is 0 Å². The summed E-state index contributed by atoms with van der Waals surface area (Å²) in [5.41, 5.74) is 4.10. The van der Waals surface area contributed by atoms with Gasteiger partial charge in [0, 0.05) is 38.0 Å². The van der Waals surface area contributed by atoms with Gasteiger partial charge in [0.05, 0.1) is 6.04 Å². The van der Waals surface area contributed by atoms with Gasteiger partial charge in [-0.05, 0) is 54.2 Å². The van der Waals surface area contributed by atoms with E-state index in [9.17, 15) is 14.0 Å². The van der Waals surface area contributed by atoms with Gasteiger partial charge in [0.25, 0.3) is 0 Å². The van der Waals surface area contributed by atoms with Gasteiger partial charge in [-0.1, -0.05) is 24.3 Å². The number of rotatable bonds is 5. The normalized spacial score (nSPS) is 18.1. The molecule has 1 heterocycles. The molecule has 2 aromatic rings. The lowest BCUT2D eigenvalue weighted by atomic mass is 9.99. The Morgan fingerprint density at radius 3 is 2.72 bits per heavy atom. The zero-order chi connectivity index (χ0) is 19.5. The summed E-state index contributed by atoms with van der Waals surface area (Å²) < 4.78 is 13.6. The Kier molecular flexibility index (Phi) is 7.04. The quantitative estimate of drug-likeness (QED) is 0.753. The first-order valence-electron chi connectivity index (χ1n) is 10.0. The number of carbonyl (C=O) groups is 2. The van der Waals surface area contributed by atoms with Gasteiger partial charge in [0.2, 0.25) is 5.91 Å². The number of Topliss-reactive ketones (excluding diaryl/α,β-unsaturated/α-hetero) is 1. The van der Waals surface area contributed by atoms with Gasteiger partial charge in [0.1, 0.15) is 5.82 Å². The van der Waals surface area contributed by atoms with Gasteiger partial charge in [-0.2, -0.15) is 0 Å². The molecule has 0 bridgehead atoms. The summed E-state index contributed by atoms with van der Waals surface area (Å²) in [5.74, 6) is -0.340. The lowest BCUT2D eigenvalue weighted by Gasteiger charge is -2.36.